The smallest absolute Gasteiger partial charge is 0.305 e. The molecule has 0 heterocycles. The van der Waals surface area contributed by atoms with Gasteiger partial charge >= 0.3 is 5.97 Å². The van der Waals surface area contributed by atoms with E-state index in [1.165, 1.54) is 0 Å². The predicted molar refractivity (Wildman–Crippen MR) is 84.9 cm³/mol. The SMILES string of the molecule is Cc1cc(Br)cc([C@H](CC(=O)O)N[S@](=O)C(C)(C)C)c1. The molecule has 1 aromatic rings. The highest BCUT2D eigenvalue weighted by Gasteiger charge is 2.25. The number of nitrogens with one attached hydrogen (secondary N) is 1. The van der Waals surface area contributed by atoms with Gasteiger partial charge in [-0.15, -0.1) is 0 Å². The first kappa shape index (κ1) is 17.3. The molecule has 6 heteroatoms. The minimum Gasteiger partial charge on any atom is -0.481 e. The van der Waals surface area contributed by atoms with Crippen LogP contribution >= 0.6 is 15.9 Å². The Morgan fingerprint density at radius 1 is 1.40 bits per heavy atom. The molecule has 0 spiro atoms. The molecule has 1 aromatic carbocycles. The van der Waals surface area contributed by atoms with Gasteiger partial charge in [-0.1, -0.05) is 22.0 Å². The second-order valence-electron chi connectivity index (χ2n) is 5.71. The number of hydrogen-bond donors (Lipinski definition) is 2. The number of carbonyl (C=O) groups is 1. The summed E-state index contributed by atoms with van der Waals surface area (Å²) in [5.74, 6) is -0.925. The molecule has 20 heavy (non-hydrogen) atoms. The number of hydrogen-bond acceptors (Lipinski definition) is 2. The summed E-state index contributed by atoms with van der Waals surface area (Å²) in [6.45, 7) is 7.48. The first-order valence-corrected chi connectivity index (χ1v) is 8.21. The molecule has 0 fully saturated rings. The van der Waals surface area contributed by atoms with Crippen LogP contribution in [0, 0.1) is 6.92 Å². The molecule has 0 unspecified atom stereocenters. The van der Waals surface area contributed by atoms with E-state index in [0.29, 0.717) is 0 Å². The molecule has 0 radical (unpaired) electrons. The van der Waals surface area contributed by atoms with Crippen LogP contribution in [0.1, 0.15) is 44.4 Å². The van der Waals surface area contributed by atoms with Crippen molar-refractivity contribution in [1.29, 1.82) is 0 Å². The fourth-order valence-corrected chi connectivity index (χ4v) is 3.13. The van der Waals surface area contributed by atoms with Crippen molar-refractivity contribution in [1.82, 2.24) is 4.72 Å². The number of carboxylic acids is 1. The molecule has 1 rings (SSSR count). The van der Waals surface area contributed by atoms with Gasteiger partial charge in [0, 0.05) is 4.47 Å². The van der Waals surface area contributed by atoms with E-state index in [2.05, 4.69) is 20.7 Å². The first-order valence-electron chi connectivity index (χ1n) is 6.26. The third-order valence-corrected chi connectivity index (χ3v) is 4.72. The lowest BCUT2D eigenvalue weighted by Gasteiger charge is -2.24. The van der Waals surface area contributed by atoms with Crippen LogP contribution in [0.3, 0.4) is 0 Å². The number of aryl methyl sites for hydroxylation is 1. The highest BCUT2D eigenvalue weighted by molar-refractivity contribution is 9.10. The summed E-state index contributed by atoms with van der Waals surface area (Å²) < 4.78 is 15.6. The van der Waals surface area contributed by atoms with E-state index in [9.17, 15) is 9.00 Å². The fourth-order valence-electron chi connectivity index (χ4n) is 1.67. The molecule has 0 saturated heterocycles. The van der Waals surface area contributed by atoms with Gasteiger partial charge in [-0.2, -0.15) is 0 Å². The lowest BCUT2D eigenvalue weighted by Crippen LogP contribution is -2.36. The Hall–Kier alpha value is -0.720. The highest BCUT2D eigenvalue weighted by atomic mass is 79.9. The molecule has 0 aliphatic carbocycles. The molecular formula is C14H20BrNO3S. The monoisotopic (exact) mass is 361 g/mol. The zero-order valence-electron chi connectivity index (χ0n) is 12.1. The van der Waals surface area contributed by atoms with Gasteiger partial charge in [-0.25, -0.2) is 8.93 Å². The third kappa shape index (κ3) is 5.34. The van der Waals surface area contributed by atoms with Crippen LogP contribution in [-0.4, -0.2) is 20.0 Å². The number of carboxylic acid groups (broad SMARTS) is 1. The van der Waals surface area contributed by atoms with Crippen LogP contribution in [-0.2, 0) is 15.8 Å². The molecule has 0 amide bonds. The second-order valence-corrected chi connectivity index (χ2v) is 8.62. The summed E-state index contributed by atoms with van der Waals surface area (Å²) in [7, 11) is -1.33. The normalized spacial score (nSPS) is 14.8. The molecule has 0 aliphatic rings. The average Bonchev–Trinajstić information content (AvgIpc) is 2.24. The second kappa shape index (κ2) is 6.83. The summed E-state index contributed by atoms with van der Waals surface area (Å²) in [5, 5.41) is 9.05. The maximum Gasteiger partial charge on any atom is 0.305 e. The Bertz CT molecular complexity index is 505. The summed E-state index contributed by atoms with van der Waals surface area (Å²) in [6.07, 6.45) is -0.113. The zero-order valence-corrected chi connectivity index (χ0v) is 14.5. The minimum atomic E-state index is -1.33. The fraction of sp³-hybridized carbons (Fsp3) is 0.500. The molecule has 0 saturated carbocycles. The zero-order chi connectivity index (χ0) is 15.5. The van der Waals surface area contributed by atoms with Crippen LogP contribution in [0.5, 0.6) is 0 Å². The molecule has 0 bridgehead atoms. The van der Waals surface area contributed by atoms with E-state index < -0.39 is 27.7 Å². The van der Waals surface area contributed by atoms with Gasteiger partial charge in [0.2, 0.25) is 0 Å². The van der Waals surface area contributed by atoms with Crippen LogP contribution in [0.4, 0.5) is 0 Å². The van der Waals surface area contributed by atoms with E-state index in [4.69, 9.17) is 5.11 Å². The number of aliphatic carboxylic acids is 1. The quantitative estimate of drug-likeness (QED) is 0.845. The van der Waals surface area contributed by atoms with Gasteiger partial charge in [0.15, 0.2) is 0 Å². The van der Waals surface area contributed by atoms with E-state index >= 15 is 0 Å². The predicted octanol–water partition coefficient (Wildman–Crippen LogP) is 3.33. The van der Waals surface area contributed by atoms with E-state index in [-0.39, 0.29) is 6.42 Å². The molecule has 0 aromatic heterocycles. The van der Waals surface area contributed by atoms with Crippen LogP contribution in [0.15, 0.2) is 22.7 Å². The van der Waals surface area contributed by atoms with Crippen molar-refractivity contribution in [3.05, 3.63) is 33.8 Å². The molecule has 4 nitrogen and oxygen atoms in total. The van der Waals surface area contributed by atoms with Crippen molar-refractivity contribution in [2.45, 2.75) is 44.9 Å². The Balaban J connectivity index is 3.06. The summed E-state index contributed by atoms with van der Waals surface area (Å²) in [6, 6.07) is 5.23. The van der Waals surface area contributed by atoms with Crippen molar-refractivity contribution >= 4 is 32.9 Å². The van der Waals surface area contributed by atoms with E-state index in [1.807, 2.05) is 45.9 Å². The third-order valence-electron chi connectivity index (χ3n) is 2.65. The van der Waals surface area contributed by atoms with Crippen molar-refractivity contribution < 1.29 is 14.1 Å². The number of rotatable bonds is 5. The number of halogens is 1. The average molecular weight is 362 g/mol. The van der Waals surface area contributed by atoms with Crippen LogP contribution < -0.4 is 4.72 Å². The van der Waals surface area contributed by atoms with Crippen molar-refractivity contribution in [2.24, 2.45) is 0 Å². The van der Waals surface area contributed by atoms with Gasteiger partial charge in [0.05, 0.1) is 28.2 Å². The molecule has 2 N–H and O–H groups in total. The van der Waals surface area contributed by atoms with Gasteiger partial charge < -0.3 is 5.11 Å². The largest absolute Gasteiger partial charge is 0.481 e. The number of benzene rings is 1. The summed E-state index contributed by atoms with van der Waals surface area (Å²) >= 11 is 3.40. The highest BCUT2D eigenvalue weighted by Crippen LogP contribution is 2.25. The maximum atomic E-state index is 12.2. The van der Waals surface area contributed by atoms with Crippen molar-refractivity contribution in [2.75, 3.05) is 0 Å². The van der Waals surface area contributed by atoms with Crippen molar-refractivity contribution in [3.8, 4) is 0 Å². The topological polar surface area (TPSA) is 66.4 Å². The lowest BCUT2D eigenvalue weighted by molar-refractivity contribution is -0.137. The Morgan fingerprint density at radius 2 is 2.00 bits per heavy atom. The summed E-state index contributed by atoms with van der Waals surface area (Å²) in [5.41, 5.74) is 1.84. The molecule has 112 valence electrons. The van der Waals surface area contributed by atoms with Crippen LogP contribution in [0.2, 0.25) is 0 Å². The Kier molecular flexibility index (Phi) is 5.91. The van der Waals surface area contributed by atoms with Gasteiger partial charge in [0.1, 0.15) is 0 Å². The molecule has 2 atom stereocenters. The lowest BCUT2D eigenvalue weighted by atomic mass is 10.0. The Morgan fingerprint density at radius 3 is 2.45 bits per heavy atom. The summed E-state index contributed by atoms with van der Waals surface area (Å²) in [4.78, 5) is 11.0. The molecular weight excluding hydrogens is 342 g/mol. The van der Waals surface area contributed by atoms with Gasteiger partial charge in [0.25, 0.3) is 0 Å². The van der Waals surface area contributed by atoms with Crippen LogP contribution in [0.25, 0.3) is 0 Å². The van der Waals surface area contributed by atoms with Gasteiger partial charge in [-0.05, 0) is 51.0 Å². The standard InChI is InChI=1S/C14H20BrNO3S/c1-9-5-10(7-11(15)6-9)12(8-13(17)18)16-20(19)14(2,3)4/h5-7,12,16H,8H2,1-4H3,(H,17,18)/t12-,20+/m0/s1. The van der Waals surface area contributed by atoms with Gasteiger partial charge in [-0.3, -0.25) is 4.79 Å². The molecule has 0 aliphatic heterocycles. The van der Waals surface area contributed by atoms with Crippen molar-refractivity contribution in [3.63, 3.8) is 0 Å². The first-order chi connectivity index (χ1) is 9.09. The minimum absolute atomic E-state index is 0.113. The van der Waals surface area contributed by atoms with E-state index in [0.717, 1.165) is 15.6 Å². The maximum absolute atomic E-state index is 12.2. The van der Waals surface area contributed by atoms with E-state index in [1.54, 1.807) is 0 Å². The Labute approximate surface area is 130 Å².